The van der Waals surface area contributed by atoms with Gasteiger partial charge in [-0.15, -0.1) is 0 Å². The fraction of sp³-hybridized carbons (Fsp3) is 0.636. The molecular formula is C11H18N2O. The van der Waals surface area contributed by atoms with Crippen LogP contribution in [0.25, 0.3) is 0 Å². The SMILES string of the molecule is c1cc(CN2CCCNCCC2)co1. The van der Waals surface area contributed by atoms with Crippen molar-refractivity contribution in [1.29, 1.82) is 0 Å². The highest BCUT2D eigenvalue weighted by Gasteiger charge is 2.08. The minimum absolute atomic E-state index is 1.04. The molecule has 0 atom stereocenters. The van der Waals surface area contributed by atoms with Gasteiger partial charge >= 0.3 is 0 Å². The molecule has 0 radical (unpaired) electrons. The third-order valence-electron chi connectivity index (χ3n) is 2.64. The van der Waals surface area contributed by atoms with Crippen molar-refractivity contribution in [2.75, 3.05) is 26.2 Å². The van der Waals surface area contributed by atoms with Crippen LogP contribution in [0.15, 0.2) is 23.0 Å². The molecule has 1 aromatic rings. The highest BCUT2D eigenvalue weighted by molar-refractivity contribution is 5.04. The summed E-state index contributed by atoms with van der Waals surface area (Å²) in [5.41, 5.74) is 1.29. The van der Waals surface area contributed by atoms with Gasteiger partial charge in [0.2, 0.25) is 0 Å². The van der Waals surface area contributed by atoms with Gasteiger partial charge < -0.3 is 9.73 Å². The van der Waals surface area contributed by atoms with Crippen LogP contribution in [0.2, 0.25) is 0 Å². The second-order valence-corrected chi connectivity index (χ2v) is 3.86. The molecule has 0 saturated carbocycles. The van der Waals surface area contributed by atoms with Gasteiger partial charge in [-0.05, 0) is 45.1 Å². The van der Waals surface area contributed by atoms with Gasteiger partial charge in [0.15, 0.2) is 0 Å². The van der Waals surface area contributed by atoms with Gasteiger partial charge in [0.05, 0.1) is 12.5 Å². The van der Waals surface area contributed by atoms with E-state index in [-0.39, 0.29) is 0 Å². The zero-order chi connectivity index (χ0) is 9.64. The maximum atomic E-state index is 5.07. The smallest absolute Gasteiger partial charge is 0.0947 e. The zero-order valence-electron chi connectivity index (χ0n) is 8.54. The Morgan fingerprint density at radius 3 is 2.71 bits per heavy atom. The van der Waals surface area contributed by atoms with Crippen LogP contribution in [-0.4, -0.2) is 31.1 Å². The lowest BCUT2D eigenvalue weighted by atomic mass is 10.2. The minimum atomic E-state index is 1.04. The van der Waals surface area contributed by atoms with Crippen molar-refractivity contribution in [2.24, 2.45) is 0 Å². The Morgan fingerprint density at radius 1 is 1.29 bits per heavy atom. The molecule has 0 amide bonds. The summed E-state index contributed by atoms with van der Waals surface area (Å²) in [5.74, 6) is 0. The molecule has 1 N–H and O–H groups in total. The summed E-state index contributed by atoms with van der Waals surface area (Å²) in [6.45, 7) is 5.73. The predicted molar refractivity (Wildman–Crippen MR) is 56.1 cm³/mol. The van der Waals surface area contributed by atoms with Crippen LogP contribution in [0.1, 0.15) is 18.4 Å². The van der Waals surface area contributed by atoms with Gasteiger partial charge in [0, 0.05) is 12.1 Å². The first-order chi connectivity index (χ1) is 6.95. The highest BCUT2D eigenvalue weighted by Crippen LogP contribution is 2.07. The van der Waals surface area contributed by atoms with E-state index in [1.165, 1.54) is 31.5 Å². The van der Waals surface area contributed by atoms with Crippen molar-refractivity contribution < 1.29 is 4.42 Å². The van der Waals surface area contributed by atoms with E-state index in [1.807, 2.05) is 6.26 Å². The van der Waals surface area contributed by atoms with Crippen LogP contribution in [-0.2, 0) is 6.54 Å². The Morgan fingerprint density at radius 2 is 2.07 bits per heavy atom. The fourth-order valence-electron chi connectivity index (χ4n) is 1.89. The van der Waals surface area contributed by atoms with Crippen molar-refractivity contribution in [3.63, 3.8) is 0 Å². The predicted octanol–water partition coefficient (Wildman–Crippen LogP) is 1.47. The van der Waals surface area contributed by atoms with E-state index < -0.39 is 0 Å². The third-order valence-corrected chi connectivity index (χ3v) is 2.64. The molecule has 0 spiro atoms. The second-order valence-electron chi connectivity index (χ2n) is 3.86. The van der Waals surface area contributed by atoms with E-state index in [2.05, 4.69) is 16.3 Å². The summed E-state index contributed by atoms with van der Waals surface area (Å²) in [7, 11) is 0. The minimum Gasteiger partial charge on any atom is -0.472 e. The Kier molecular flexibility index (Phi) is 3.60. The van der Waals surface area contributed by atoms with E-state index in [1.54, 1.807) is 6.26 Å². The van der Waals surface area contributed by atoms with Crippen LogP contribution in [0.4, 0.5) is 0 Å². The van der Waals surface area contributed by atoms with Gasteiger partial charge in [-0.1, -0.05) is 0 Å². The standard InChI is InChI=1S/C11H18N2O/c1-4-12-5-2-7-13(6-1)9-11-3-8-14-10-11/h3,8,10,12H,1-2,4-7,9H2. The molecule has 0 unspecified atom stereocenters. The zero-order valence-corrected chi connectivity index (χ0v) is 8.54. The van der Waals surface area contributed by atoms with E-state index >= 15 is 0 Å². The molecule has 1 aliphatic rings. The summed E-state index contributed by atoms with van der Waals surface area (Å²) in [6.07, 6.45) is 6.09. The number of nitrogens with zero attached hydrogens (tertiary/aromatic N) is 1. The molecule has 0 aromatic carbocycles. The lowest BCUT2D eigenvalue weighted by Gasteiger charge is -2.24. The Labute approximate surface area is 85.1 Å². The molecule has 3 heteroatoms. The number of furan rings is 1. The first kappa shape index (κ1) is 9.74. The molecule has 3 nitrogen and oxygen atoms in total. The number of nitrogens with one attached hydrogen (secondary N) is 1. The van der Waals surface area contributed by atoms with Gasteiger partial charge in [0.25, 0.3) is 0 Å². The topological polar surface area (TPSA) is 28.4 Å². The van der Waals surface area contributed by atoms with Crippen molar-refractivity contribution >= 4 is 0 Å². The molecule has 0 aliphatic carbocycles. The van der Waals surface area contributed by atoms with E-state index in [0.29, 0.717) is 0 Å². The Hall–Kier alpha value is -0.800. The molecule has 2 heterocycles. The van der Waals surface area contributed by atoms with E-state index in [4.69, 9.17) is 4.42 Å². The van der Waals surface area contributed by atoms with Crippen LogP contribution in [0.5, 0.6) is 0 Å². The van der Waals surface area contributed by atoms with Gasteiger partial charge in [-0.3, -0.25) is 4.90 Å². The summed E-state index contributed by atoms with van der Waals surface area (Å²) in [6, 6.07) is 2.05. The highest BCUT2D eigenvalue weighted by atomic mass is 16.3. The average molecular weight is 194 g/mol. The summed E-state index contributed by atoms with van der Waals surface area (Å²) in [4.78, 5) is 2.51. The van der Waals surface area contributed by atoms with Crippen molar-refractivity contribution in [1.82, 2.24) is 10.2 Å². The Bertz CT molecular complexity index is 238. The van der Waals surface area contributed by atoms with Crippen molar-refractivity contribution in [3.05, 3.63) is 24.2 Å². The van der Waals surface area contributed by atoms with Crippen LogP contribution in [0, 0.1) is 0 Å². The maximum Gasteiger partial charge on any atom is 0.0947 e. The Balaban J connectivity index is 1.83. The average Bonchev–Trinajstić information content (AvgIpc) is 2.62. The number of hydrogen-bond acceptors (Lipinski definition) is 3. The van der Waals surface area contributed by atoms with Crippen LogP contribution in [0.3, 0.4) is 0 Å². The number of rotatable bonds is 2. The second kappa shape index (κ2) is 5.17. The summed E-state index contributed by atoms with van der Waals surface area (Å²) in [5, 5.41) is 3.42. The van der Waals surface area contributed by atoms with Crippen molar-refractivity contribution in [2.45, 2.75) is 19.4 Å². The summed E-state index contributed by atoms with van der Waals surface area (Å²) < 4.78 is 5.07. The maximum absolute atomic E-state index is 5.07. The molecule has 1 aromatic heterocycles. The van der Waals surface area contributed by atoms with Gasteiger partial charge in [-0.2, -0.15) is 0 Å². The van der Waals surface area contributed by atoms with E-state index in [9.17, 15) is 0 Å². The first-order valence-electron chi connectivity index (χ1n) is 5.39. The van der Waals surface area contributed by atoms with Crippen molar-refractivity contribution in [3.8, 4) is 0 Å². The lowest BCUT2D eigenvalue weighted by molar-refractivity contribution is 0.244. The normalized spacial score (nSPS) is 20.3. The molecule has 1 aliphatic heterocycles. The first-order valence-corrected chi connectivity index (χ1v) is 5.39. The monoisotopic (exact) mass is 194 g/mol. The molecular weight excluding hydrogens is 176 g/mol. The molecule has 1 saturated heterocycles. The molecule has 78 valence electrons. The largest absolute Gasteiger partial charge is 0.472 e. The lowest BCUT2D eigenvalue weighted by Crippen LogP contribution is -2.33. The molecule has 14 heavy (non-hydrogen) atoms. The number of hydrogen-bond donors (Lipinski definition) is 1. The van der Waals surface area contributed by atoms with Crippen LogP contribution < -0.4 is 5.32 Å². The van der Waals surface area contributed by atoms with Gasteiger partial charge in [0.1, 0.15) is 0 Å². The summed E-state index contributed by atoms with van der Waals surface area (Å²) >= 11 is 0. The third kappa shape index (κ3) is 2.86. The molecule has 2 rings (SSSR count). The fourth-order valence-corrected chi connectivity index (χ4v) is 1.89. The molecule has 0 bridgehead atoms. The van der Waals surface area contributed by atoms with Crippen LogP contribution >= 0.6 is 0 Å². The van der Waals surface area contributed by atoms with Gasteiger partial charge in [-0.25, -0.2) is 0 Å². The quantitative estimate of drug-likeness (QED) is 0.772. The van der Waals surface area contributed by atoms with E-state index in [0.717, 1.165) is 19.6 Å². The molecule has 1 fully saturated rings.